The van der Waals surface area contributed by atoms with Crippen LogP contribution in [0.25, 0.3) is 11.1 Å². The topological polar surface area (TPSA) is 6.48 Å². The second-order valence-corrected chi connectivity index (χ2v) is 10.1. The Morgan fingerprint density at radius 2 is 1.27 bits per heavy atom. The van der Waals surface area contributed by atoms with E-state index in [1.54, 1.807) is 0 Å². The van der Waals surface area contributed by atoms with Crippen molar-refractivity contribution in [2.45, 2.75) is 48.0 Å². The van der Waals surface area contributed by atoms with E-state index < -0.39 is 0 Å². The van der Waals surface area contributed by atoms with Gasteiger partial charge in [-0.05, 0) is 49.9 Å². The van der Waals surface area contributed by atoms with Gasteiger partial charge in [-0.15, -0.1) is 0 Å². The predicted octanol–water partition coefficient (Wildman–Crippen LogP) is 7.59. The van der Waals surface area contributed by atoms with Gasteiger partial charge in [0.1, 0.15) is 0 Å². The van der Waals surface area contributed by atoms with E-state index in [0.717, 1.165) is 13.0 Å². The molecule has 2 heteroatoms. The summed E-state index contributed by atoms with van der Waals surface area (Å²) < 4.78 is 0. The summed E-state index contributed by atoms with van der Waals surface area (Å²) in [6.07, 6.45) is 14.7. The molecule has 0 saturated carbocycles. The van der Waals surface area contributed by atoms with Crippen LogP contribution < -0.4 is 9.80 Å². The lowest BCUT2D eigenvalue weighted by atomic mass is 9.86. The Morgan fingerprint density at radius 3 is 1.83 bits per heavy atom. The monoisotopic (exact) mass is 398 g/mol. The van der Waals surface area contributed by atoms with Gasteiger partial charge in [-0.25, -0.2) is 0 Å². The third-order valence-corrected chi connectivity index (χ3v) is 6.21. The van der Waals surface area contributed by atoms with Crippen LogP contribution in [-0.4, -0.2) is 6.54 Å². The van der Waals surface area contributed by atoms with Gasteiger partial charge in [0.2, 0.25) is 0 Å². The first kappa shape index (κ1) is 20.5. The summed E-state index contributed by atoms with van der Waals surface area (Å²) in [5.74, 6) is 0. The van der Waals surface area contributed by atoms with Crippen LogP contribution >= 0.6 is 0 Å². The Bertz CT molecular complexity index is 1020. The molecule has 0 radical (unpaired) electrons. The van der Waals surface area contributed by atoms with E-state index in [-0.39, 0.29) is 10.8 Å². The smallest absolute Gasteiger partial charge is 0.0528 e. The SMILES string of the molecule is Cc1ccc(N2C=CC(C)(C)C=C2)c(-c2cc(C)ccc2N2C=CC(C)(C)CC2)c1. The molecular weight excluding hydrogens is 364 g/mol. The van der Waals surface area contributed by atoms with Crippen molar-refractivity contribution in [3.63, 3.8) is 0 Å². The maximum absolute atomic E-state index is 2.41. The van der Waals surface area contributed by atoms with E-state index in [2.05, 4.69) is 125 Å². The second-order valence-electron chi connectivity index (χ2n) is 10.1. The van der Waals surface area contributed by atoms with Crippen molar-refractivity contribution in [2.75, 3.05) is 16.3 Å². The van der Waals surface area contributed by atoms with Gasteiger partial charge in [0.05, 0.1) is 5.69 Å². The van der Waals surface area contributed by atoms with Crippen LogP contribution in [0.5, 0.6) is 0 Å². The summed E-state index contributed by atoms with van der Waals surface area (Å²) in [6.45, 7) is 14.5. The summed E-state index contributed by atoms with van der Waals surface area (Å²) in [5, 5.41) is 0. The minimum absolute atomic E-state index is 0.0985. The van der Waals surface area contributed by atoms with E-state index in [4.69, 9.17) is 0 Å². The average molecular weight is 399 g/mol. The zero-order chi connectivity index (χ0) is 21.5. The summed E-state index contributed by atoms with van der Waals surface area (Å²) >= 11 is 0. The van der Waals surface area contributed by atoms with Crippen molar-refractivity contribution in [2.24, 2.45) is 10.8 Å². The first-order valence-corrected chi connectivity index (χ1v) is 11.0. The fourth-order valence-electron chi connectivity index (χ4n) is 4.08. The van der Waals surface area contributed by atoms with Crippen LogP contribution in [0, 0.1) is 24.7 Å². The predicted molar refractivity (Wildman–Crippen MR) is 131 cm³/mol. The highest BCUT2D eigenvalue weighted by molar-refractivity contribution is 5.89. The highest BCUT2D eigenvalue weighted by Crippen LogP contribution is 2.41. The van der Waals surface area contributed by atoms with E-state index in [1.165, 1.54) is 33.6 Å². The summed E-state index contributed by atoms with van der Waals surface area (Å²) in [7, 11) is 0. The molecule has 0 saturated heterocycles. The van der Waals surface area contributed by atoms with Gasteiger partial charge in [0, 0.05) is 47.4 Å². The molecule has 2 aromatic carbocycles. The minimum atomic E-state index is 0.0985. The van der Waals surface area contributed by atoms with Gasteiger partial charge in [0.15, 0.2) is 0 Å². The molecule has 0 aliphatic carbocycles. The van der Waals surface area contributed by atoms with Gasteiger partial charge >= 0.3 is 0 Å². The molecule has 30 heavy (non-hydrogen) atoms. The zero-order valence-electron chi connectivity index (χ0n) is 19.2. The molecule has 0 fully saturated rings. The van der Waals surface area contributed by atoms with Crippen LogP contribution in [0.2, 0.25) is 0 Å². The number of nitrogens with zero attached hydrogens (tertiary/aromatic N) is 2. The third kappa shape index (κ3) is 4.23. The van der Waals surface area contributed by atoms with Crippen LogP contribution in [0.4, 0.5) is 11.4 Å². The number of rotatable bonds is 3. The van der Waals surface area contributed by atoms with Crippen molar-refractivity contribution in [3.8, 4) is 11.1 Å². The zero-order valence-corrected chi connectivity index (χ0v) is 19.2. The quantitative estimate of drug-likeness (QED) is 0.525. The number of aryl methyl sites for hydroxylation is 2. The first-order chi connectivity index (χ1) is 14.1. The van der Waals surface area contributed by atoms with Crippen molar-refractivity contribution in [1.82, 2.24) is 0 Å². The molecule has 2 aliphatic heterocycles. The van der Waals surface area contributed by atoms with Crippen molar-refractivity contribution < 1.29 is 0 Å². The van der Waals surface area contributed by atoms with Crippen LogP contribution in [0.15, 0.2) is 73.2 Å². The van der Waals surface area contributed by atoms with E-state index in [9.17, 15) is 0 Å². The Kier molecular flexibility index (Phi) is 5.13. The molecule has 0 N–H and O–H groups in total. The minimum Gasteiger partial charge on any atom is -0.348 e. The van der Waals surface area contributed by atoms with Gasteiger partial charge in [0.25, 0.3) is 0 Å². The molecule has 156 valence electrons. The third-order valence-electron chi connectivity index (χ3n) is 6.21. The molecular formula is C28H34N2. The van der Waals surface area contributed by atoms with Crippen molar-refractivity contribution in [1.29, 1.82) is 0 Å². The molecule has 0 aromatic heterocycles. The van der Waals surface area contributed by atoms with Crippen LogP contribution in [0.1, 0.15) is 45.2 Å². The van der Waals surface area contributed by atoms with Gasteiger partial charge in [-0.3, -0.25) is 0 Å². The van der Waals surface area contributed by atoms with E-state index in [0.29, 0.717) is 0 Å². The maximum atomic E-state index is 2.41. The Hall–Kier alpha value is -2.74. The van der Waals surface area contributed by atoms with Gasteiger partial charge in [-0.2, -0.15) is 0 Å². The summed E-state index contributed by atoms with van der Waals surface area (Å²) in [6, 6.07) is 13.6. The number of hydrogen-bond acceptors (Lipinski definition) is 2. The molecule has 0 bridgehead atoms. The van der Waals surface area contributed by atoms with Gasteiger partial charge < -0.3 is 9.80 Å². The lowest BCUT2D eigenvalue weighted by Crippen LogP contribution is -2.28. The number of hydrogen-bond donors (Lipinski definition) is 0. The standard InChI is InChI=1S/C28H34N2/c1-21-7-9-25(29-15-11-27(3,4)12-16-29)23(19-21)24-20-22(2)8-10-26(24)30-17-13-28(5,6)14-18-30/h7-13,15-17,19-20H,14,18H2,1-6H3. The Balaban J connectivity index is 1.83. The highest BCUT2D eigenvalue weighted by atomic mass is 15.1. The molecule has 0 atom stereocenters. The Labute approximate surface area is 182 Å². The van der Waals surface area contributed by atoms with Crippen LogP contribution in [0.3, 0.4) is 0 Å². The number of allylic oxidation sites excluding steroid dienone is 3. The molecule has 2 aliphatic rings. The van der Waals surface area contributed by atoms with Crippen molar-refractivity contribution >= 4 is 11.4 Å². The summed E-state index contributed by atoms with van der Waals surface area (Å²) in [4.78, 5) is 4.67. The Morgan fingerprint density at radius 1 is 0.700 bits per heavy atom. The largest absolute Gasteiger partial charge is 0.348 e. The molecule has 2 aromatic rings. The highest BCUT2D eigenvalue weighted by Gasteiger charge is 2.24. The fraction of sp³-hybridized carbons (Fsp3) is 0.357. The lowest BCUT2D eigenvalue weighted by molar-refractivity contribution is 0.427. The van der Waals surface area contributed by atoms with E-state index >= 15 is 0 Å². The normalized spacial score (nSPS) is 19.4. The fourth-order valence-corrected chi connectivity index (χ4v) is 4.08. The average Bonchev–Trinajstić information content (AvgIpc) is 2.68. The van der Waals surface area contributed by atoms with Crippen molar-refractivity contribution in [3.05, 3.63) is 84.4 Å². The van der Waals surface area contributed by atoms with Crippen LogP contribution in [-0.2, 0) is 0 Å². The maximum Gasteiger partial charge on any atom is 0.0528 e. The van der Waals surface area contributed by atoms with E-state index in [1.807, 2.05) is 0 Å². The molecule has 2 heterocycles. The number of anilines is 2. The summed E-state index contributed by atoms with van der Waals surface area (Å²) in [5.41, 5.74) is 8.01. The molecule has 4 rings (SSSR count). The lowest BCUT2D eigenvalue weighted by Gasteiger charge is -2.34. The molecule has 0 unspecified atom stereocenters. The second kappa shape index (κ2) is 7.50. The van der Waals surface area contributed by atoms with Gasteiger partial charge in [-0.1, -0.05) is 69.2 Å². The molecule has 2 nitrogen and oxygen atoms in total. The molecule has 0 spiro atoms. The molecule has 0 amide bonds. The first-order valence-electron chi connectivity index (χ1n) is 11.0. The number of benzene rings is 2.